The number of carbonyl (C=O) groups is 3. The Morgan fingerprint density at radius 2 is 0.667 bits per heavy atom. The Balaban J connectivity index is 4.78. The highest BCUT2D eigenvalue weighted by Crippen LogP contribution is 2.43. The summed E-state index contributed by atoms with van der Waals surface area (Å²) in [6.07, 6.45) is 70.7. The van der Waals surface area contributed by atoms with Gasteiger partial charge in [0, 0.05) is 19.3 Å². The summed E-state index contributed by atoms with van der Waals surface area (Å²) in [6.45, 7) is 4.39. The molecule has 0 rings (SSSR count). The molecular weight excluding hydrogens is 1000 g/mol. The predicted molar refractivity (Wildman–Crippen MR) is 325 cm³/mol. The van der Waals surface area contributed by atoms with E-state index in [9.17, 15) is 28.9 Å². The van der Waals surface area contributed by atoms with Crippen LogP contribution in [0.1, 0.15) is 265 Å². The van der Waals surface area contributed by atoms with Crippen molar-refractivity contribution >= 4 is 25.7 Å². The van der Waals surface area contributed by atoms with Crippen molar-refractivity contribution in [2.75, 3.05) is 26.4 Å². The molecule has 0 saturated heterocycles. The maximum Gasteiger partial charge on any atom is 0.472 e. The van der Waals surface area contributed by atoms with Crippen LogP contribution in [0.3, 0.4) is 0 Å². The summed E-state index contributed by atoms with van der Waals surface area (Å²) >= 11 is 0. The molecule has 0 aliphatic heterocycles. The van der Waals surface area contributed by atoms with Gasteiger partial charge < -0.3 is 24.2 Å². The fourth-order valence-corrected chi connectivity index (χ4v) is 9.12. The Kier molecular flexibility index (Phi) is 56.8. The van der Waals surface area contributed by atoms with Crippen LogP contribution in [0.5, 0.6) is 0 Å². The van der Waals surface area contributed by atoms with Gasteiger partial charge in [0.1, 0.15) is 12.7 Å². The van der Waals surface area contributed by atoms with E-state index in [-0.39, 0.29) is 25.9 Å². The standard InChI is InChI=1S/C66H113O11P/c1-4-7-10-13-16-19-22-25-28-30-31-33-36-39-42-45-48-51-54-57-66(70)77-63(59-73-64(68)55-52-49-46-43-40-37-35-32-29-26-23-20-17-14-11-8-5-2)61-75-78(71,72)74-60-62(58-67)76-65(69)56-53-50-47-44-41-38-34-27-24-21-18-15-12-9-6-3/h7,9-10,12,16,18-19,21,25,27-28,31,33-34,39,42,62-63,67H,4-6,8,11,13-15,17,20,22-24,26,29-30,32,35-38,40-41,43-61H2,1-3H3,(H,71,72)/b10-7-,12-9-,19-16-,21-18-,28-25-,33-31-,34-27-,42-39-. The van der Waals surface area contributed by atoms with Gasteiger partial charge in [0.25, 0.3) is 0 Å². The first-order chi connectivity index (χ1) is 38.2. The molecule has 0 aliphatic carbocycles. The Morgan fingerprint density at radius 1 is 0.372 bits per heavy atom. The average Bonchev–Trinajstić information content (AvgIpc) is 3.43. The number of rotatable bonds is 57. The minimum atomic E-state index is -4.77. The molecule has 0 radical (unpaired) electrons. The van der Waals surface area contributed by atoms with E-state index in [0.29, 0.717) is 19.3 Å². The molecule has 3 atom stereocenters. The first-order valence-electron chi connectivity index (χ1n) is 31.1. The van der Waals surface area contributed by atoms with Crippen molar-refractivity contribution in [3.63, 3.8) is 0 Å². The van der Waals surface area contributed by atoms with E-state index < -0.39 is 57.8 Å². The van der Waals surface area contributed by atoms with Crippen LogP contribution in [0.25, 0.3) is 0 Å². The average molecular weight is 1110 g/mol. The summed E-state index contributed by atoms with van der Waals surface area (Å²) in [4.78, 5) is 48.7. The summed E-state index contributed by atoms with van der Waals surface area (Å²) in [5.74, 6) is -1.52. The number of phosphoric ester groups is 1. The van der Waals surface area contributed by atoms with Gasteiger partial charge in [-0.25, -0.2) is 4.57 Å². The molecule has 0 aromatic rings. The number of hydrogen-bond acceptors (Lipinski definition) is 10. The number of ether oxygens (including phenoxy) is 3. The molecule has 78 heavy (non-hydrogen) atoms. The fraction of sp³-hybridized carbons (Fsp3) is 0.712. The van der Waals surface area contributed by atoms with Gasteiger partial charge in [0.05, 0.1) is 19.8 Å². The lowest BCUT2D eigenvalue weighted by Crippen LogP contribution is -2.30. The first kappa shape index (κ1) is 74.4. The van der Waals surface area contributed by atoms with E-state index in [1.807, 2.05) is 0 Å². The zero-order valence-corrected chi connectivity index (χ0v) is 50.5. The van der Waals surface area contributed by atoms with Crippen molar-refractivity contribution in [2.24, 2.45) is 0 Å². The predicted octanol–water partition coefficient (Wildman–Crippen LogP) is 18.8. The van der Waals surface area contributed by atoms with Crippen molar-refractivity contribution in [3.05, 3.63) is 97.2 Å². The molecule has 0 aliphatic rings. The summed E-state index contributed by atoms with van der Waals surface area (Å²) in [5, 5.41) is 9.83. The van der Waals surface area contributed by atoms with Gasteiger partial charge in [-0.15, -0.1) is 0 Å². The summed E-state index contributed by atoms with van der Waals surface area (Å²) in [7, 11) is -4.77. The Hall–Kier alpha value is -3.60. The van der Waals surface area contributed by atoms with Gasteiger partial charge in [-0.1, -0.05) is 246 Å². The van der Waals surface area contributed by atoms with Crippen molar-refractivity contribution < 1.29 is 52.2 Å². The van der Waals surface area contributed by atoms with Gasteiger partial charge in [0.2, 0.25) is 0 Å². The third-order valence-electron chi connectivity index (χ3n) is 13.0. The van der Waals surface area contributed by atoms with E-state index in [0.717, 1.165) is 122 Å². The van der Waals surface area contributed by atoms with Crippen LogP contribution in [-0.2, 0) is 42.2 Å². The number of esters is 3. The molecule has 0 saturated carbocycles. The molecule has 12 heteroatoms. The molecule has 11 nitrogen and oxygen atoms in total. The van der Waals surface area contributed by atoms with Gasteiger partial charge in [-0.3, -0.25) is 23.4 Å². The Morgan fingerprint density at radius 3 is 1.04 bits per heavy atom. The second kappa shape index (κ2) is 59.5. The number of hydrogen-bond donors (Lipinski definition) is 2. The molecule has 0 spiro atoms. The fourth-order valence-electron chi connectivity index (χ4n) is 8.34. The maximum atomic E-state index is 12.9. The van der Waals surface area contributed by atoms with Crippen LogP contribution in [-0.4, -0.2) is 66.5 Å². The third-order valence-corrected chi connectivity index (χ3v) is 14.0. The van der Waals surface area contributed by atoms with Crippen LogP contribution >= 0.6 is 7.82 Å². The monoisotopic (exact) mass is 1110 g/mol. The molecule has 0 heterocycles. The lowest BCUT2D eigenvalue weighted by molar-refractivity contribution is -0.161. The van der Waals surface area contributed by atoms with Crippen LogP contribution in [0.4, 0.5) is 0 Å². The lowest BCUT2D eigenvalue weighted by atomic mass is 10.0. The number of aliphatic hydroxyl groups is 1. The van der Waals surface area contributed by atoms with Crippen LogP contribution in [0.15, 0.2) is 97.2 Å². The van der Waals surface area contributed by atoms with Gasteiger partial charge in [-0.05, 0) is 96.3 Å². The molecule has 0 aromatic carbocycles. The van der Waals surface area contributed by atoms with E-state index >= 15 is 0 Å². The highest BCUT2D eigenvalue weighted by Gasteiger charge is 2.28. The zero-order chi connectivity index (χ0) is 56.9. The quantitative estimate of drug-likeness (QED) is 0.0197. The van der Waals surface area contributed by atoms with E-state index in [4.69, 9.17) is 23.3 Å². The van der Waals surface area contributed by atoms with Crippen molar-refractivity contribution in [1.82, 2.24) is 0 Å². The zero-order valence-electron chi connectivity index (χ0n) is 49.6. The number of phosphoric acid groups is 1. The highest BCUT2D eigenvalue weighted by atomic mass is 31.2. The number of unbranched alkanes of at least 4 members (excludes halogenated alkanes) is 24. The largest absolute Gasteiger partial charge is 0.472 e. The Labute approximate surface area is 476 Å². The molecule has 448 valence electrons. The summed E-state index contributed by atoms with van der Waals surface area (Å²) in [5.41, 5.74) is 0. The van der Waals surface area contributed by atoms with E-state index in [1.165, 1.54) is 83.5 Å². The lowest BCUT2D eigenvalue weighted by Gasteiger charge is -2.21. The minimum absolute atomic E-state index is 0.125. The molecule has 0 bridgehead atoms. The van der Waals surface area contributed by atoms with Crippen LogP contribution < -0.4 is 0 Å². The van der Waals surface area contributed by atoms with Gasteiger partial charge in [-0.2, -0.15) is 0 Å². The molecule has 0 fully saturated rings. The second-order valence-corrected chi connectivity index (χ2v) is 21.9. The smallest absolute Gasteiger partial charge is 0.462 e. The Bertz CT molecular complexity index is 1680. The highest BCUT2D eigenvalue weighted by molar-refractivity contribution is 7.47. The minimum Gasteiger partial charge on any atom is -0.462 e. The van der Waals surface area contributed by atoms with Crippen molar-refractivity contribution in [2.45, 2.75) is 277 Å². The van der Waals surface area contributed by atoms with Gasteiger partial charge in [0.15, 0.2) is 6.10 Å². The van der Waals surface area contributed by atoms with Crippen LogP contribution in [0, 0.1) is 0 Å². The van der Waals surface area contributed by atoms with E-state index in [1.54, 1.807) is 0 Å². The number of aliphatic hydroxyl groups excluding tert-OH is 1. The third kappa shape index (κ3) is 57.1. The van der Waals surface area contributed by atoms with E-state index in [2.05, 4.69) is 118 Å². The normalized spacial score (nSPS) is 14.0. The molecule has 0 amide bonds. The number of allylic oxidation sites excluding steroid dienone is 16. The number of carbonyl (C=O) groups excluding carboxylic acids is 3. The SMILES string of the molecule is CC/C=C\C/C=C\C/C=C\C/C=C\C/C=C\CCCCCC(=O)OC(COC(=O)CCCCCCCCCCCCCCCCCCC)COP(=O)(O)OCC(CO)OC(=O)CCCCCCC/C=C\C/C=C\C/C=C\CC. The molecular formula is C66H113O11P. The van der Waals surface area contributed by atoms with Crippen molar-refractivity contribution in [1.29, 1.82) is 0 Å². The van der Waals surface area contributed by atoms with Crippen molar-refractivity contribution in [3.8, 4) is 0 Å². The van der Waals surface area contributed by atoms with Crippen LogP contribution in [0.2, 0.25) is 0 Å². The topological polar surface area (TPSA) is 155 Å². The summed E-state index contributed by atoms with van der Waals surface area (Å²) in [6, 6.07) is 0. The molecule has 3 unspecified atom stereocenters. The molecule has 0 aromatic heterocycles. The summed E-state index contributed by atoms with van der Waals surface area (Å²) < 4.78 is 39.6. The first-order valence-corrected chi connectivity index (χ1v) is 32.6. The second-order valence-electron chi connectivity index (χ2n) is 20.5. The van der Waals surface area contributed by atoms with Gasteiger partial charge >= 0.3 is 25.7 Å². The molecule has 2 N–H and O–H groups in total. The maximum absolute atomic E-state index is 12.9.